The van der Waals surface area contributed by atoms with E-state index in [1.54, 1.807) is 6.07 Å². The largest absolute Gasteiger partial charge is 0.397 e. The number of rotatable bonds is 0. The SMILES string of the molecule is Cc1[nH]nc2c(Cl)c(N)ccc12. The molecule has 0 bridgehead atoms. The predicted molar refractivity (Wildman–Crippen MR) is 50.3 cm³/mol. The van der Waals surface area contributed by atoms with Gasteiger partial charge in [-0.05, 0) is 19.1 Å². The lowest BCUT2D eigenvalue weighted by Gasteiger charge is -1.96. The summed E-state index contributed by atoms with van der Waals surface area (Å²) >= 11 is 5.93. The van der Waals surface area contributed by atoms with Gasteiger partial charge in [-0.25, -0.2) is 0 Å². The molecule has 12 heavy (non-hydrogen) atoms. The molecule has 0 aliphatic heterocycles. The Bertz CT molecular complexity index is 433. The van der Waals surface area contributed by atoms with E-state index in [1.165, 1.54) is 0 Å². The standard InChI is InChI=1S/C8H8ClN3/c1-4-5-2-3-6(10)7(9)8(5)12-11-4/h2-3H,10H2,1H3,(H,11,12). The van der Waals surface area contributed by atoms with Crippen LogP contribution in [0.15, 0.2) is 12.1 Å². The number of hydrogen-bond donors (Lipinski definition) is 2. The van der Waals surface area contributed by atoms with Gasteiger partial charge in [0, 0.05) is 11.1 Å². The first-order chi connectivity index (χ1) is 5.70. The Morgan fingerprint density at radius 3 is 3.00 bits per heavy atom. The van der Waals surface area contributed by atoms with E-state index in [-0.39, 0.29) is 0 Å². The number of aromatic amines is 1. The highest BCUT2D eigenvalue weighted by Gasteiger charge is 2.06. The van der Waals surface area contributed by atoms with Crippen molar-refractivity contribution in [1.29, 1.82) is 0 Å². The molecule has 1 aromatic heterocycles. The molecule has 0 amide bonds. The number of hydrogen-bond acceptors (Lipinski definition) is 2. The lowest BCUT2D eigenvalue weighted by molar-refractivity contribution is 1.07. The van der Waals surface area contributed by atoms with Gasteiger partial charge in [0.05, 0.1) is 10.7 Å². The second kappa shape index (κ2) is 2.38. The van der Waals surface area contributed by atoms with Crippen LogP contribution in [0.3, 0.4) is 0 Å². The molecule has 1 heterocycles. The summed E-state index contributed by atoms with van der Waals surface area (Å²) in [6, 6.07) is 3.70. The lowest BCUT2D eigenvalue weighted by Crippen LogP contribution is -1.85. The van der Waals surface area contributed by atoms with Crippen molar-refractivity contribution >= 4 is 28.2 Å². The summed E-state index contributed by atoms with van der Waals surface area (Å²) < 4.78 is 0. The molecule has 2 rings (SSSR count). The van der Waals surface area contributed by atoms with Crippen molar-refractivity contribution < 1.29 is 0 Å². The van der Waals surface area contributed by atoms with E-state index in [4.69, 9.17) is 17.3 Å². The maximum absolute atomic E-state index is 5.93. The molecule has 0 saturated heterocycles. The first-order valence-electron chi connectivity index (χ1n) is 3.59. The number of aromatic nitrogens is 2. The smallest absolute Gasteiger partial charge is 0.113 e. The van der Waals surface area contributed by atoms with Gasteiger partial charge in [0.15, 0.2) is 0 Å². The van der Waals surface area contributed by atoms with E-state index in [0.717, 1.165) is 16.6 Å². The number of nitrogens with zero attached hydrogens (tertiary/aromatic N) is 1. The third kappa shape index (κ3) is 0.865. The first-order valence-corrected chi connectivity index (χ1v) is 3.96. The maximum Gasteiger partial charge on any atom is 0.113 e. The fraction of sp³-hybridized carbons (Fsp3) is 0.125. The number of nitrogens with two attached hydrogens (primary N) is 1. The quantitative estimate of drug-likeness (QED) is 0.612. The minimum absolute atomic E-state index is 0.525. The molecule has 1 aromatic carbocycles. The normalized spacial score (nSPS) is 10.8. The van der Waals surface area contributed by atoms with Crippen molar-refractivity contribution in [2.24, 2.45) is 0 Å². The van der Waals surface area contributed by atoms with Crippen LogP contribution in [0.1, 0.15) is 5.69 Å². The highest BCUT2D eigenvalue weighted by Crippen LogP contribution is 2.28. The summed E-state index contributed by atoms with van der Waals surface area (Å²) in [4.78, 5) is 0. The van der Waals surface area contributed by atoms with Crippen LogP contribution >= 0.6 is 11.6 Å². The van der Waals surface area contributed by atoms with Gasteiger partial charge < -0.3 is 5.73 Å². The van der Waals surface area contributed by atoms with Gasteiger partial charge in [0.25, 0.3) is 0 Å². The summed E-state index contributed by atoms with van der Waals surface area (Å²) in [5.41, 5.74) is 7.93. The summed E-state index contributed by atoms with van der Waals surface area (Å²) in [6.45, 7) is 1.95. The topological polar surface area (TPSA) is 54.7 Å². The molecule has 0 aliphatic rings. The fourth-order valence-corrected chi connectivity index (χ4v) is 1.40. The molecule has 0 spiro atoms. The highest BCUT2D eigenvalue weighted by molar-refractivity contribution is 6.37. The molecular formula is C8H8ClN3. The Morgan fingerprint density at radius 2 is 2.25 bits per heavy atom. The molecule has 4 heteroatoms. The minimum atomic E-state index is 0.525. The van der Waals surface area contributed by atoms with Crippen LogP contribution in [-0.2, 0) is 0 Å². The predicted octanol–water partition coefficient (Wildman–Crippen LogP) is 2.11. The van der Waals surface area contributed by atoms with Gasteiger partial charge in [-0.1, -0.05) is 11.6 Å². The van der Waals surface area contributed by atoms with E-state index in [9.17, 15) is 0 Å². The number of fused-ring (bicyclic) bond motifs is 1. The zero-order chi connectivity index (χ0) is 8.72. The van der Waals surface area contributed by atoms with Crippen molar-refractivity contribution in [2.45, 2.75) is 6.92 Å². The molecule has 0 atom stereocenters. The van der Waals surface area contributed by atoms with Gasteiger partial charge >= 0.3 is 0 Å². The Hall–Kier alpha value is -1.22. The molecule has 0 radical (unpaired) electrons. The Morgan fingerprint density at radius 1 is 1.50 bits per heavy atom. The number of nitrogen functional groups attached to an aromatic ring is 1. The average molecular weight is 182 g/mol. The highest BCUT2D eigenvalue weighted by atomic mass is 35.5. The van der Waals surface area contributed by atoms with Crippen molar-refractivity contribution in [2.75, 3.05) is 5.73 Å². The van der Waals surface area contributed by atoms with E-state index in [1.807, 2.05) is 13.0 Å². The van der Waals surface area contributed by atoms with E-state index in [2.05, 4.69) is 10.2 Å². The average Bonchev–Trinajstić information content (AvgIpc) is 2.41. The first kappa shape index (κ1) is 7.43. The Labute approximate surface area is 74.5 Å². The molecule has 2 aromatic rings. The number of nitrogens with one attached hydrogen (secondary N) is 1. The van der Waals surface area contributed by atoms with E-state index in [0.29, 0.717) is 10.7 Å². The Balaban J connectivity index is 2.93. The van der Waals surface area contributed by atoms with Gasteiger partial charge in [0.1, 0.15) is 5.52 Å². The molecule has 62 valence electrons. The van der Waals surface area contributed by atoms with Gasteiger partial charge in [-0.15, -0.1) is 0 Å². The third-order valence-electron chi connectivity index (χ3n) is 1.89. The van der Waals surface area contributed by atoms with Gasteiger partial charge in [0.2, 0.25) is 0 Å². The summed E-state index contributed by atoms with van der Waals surface area (Å²) in [5.74, 6) is 0. The van der Waals surface area contributed by atoms with E-state index >= 15 is 0 Å². The van der Waals surface area contributed by atoms with Crippen LogP contribution in [0.25, 0.3) is 10.9 Å². The number of halogens is 1. The molecular weight excluding hydrogens is 174 g/mol. The monoisotopic (exact) mass is 181 g/mol. The summed E-state index contributed by atoms with van der Waals surface area (Å²) in [5, 5.41) is 8.44. The lowest BCUT2D eigenvalue weighted by atomic mass is 10.2. The molecule has 0 aliphatic carbocycles. The maximum atomic E-state index is 5.93. The number of benzene rings is 1. The minimum Gasteiger partial charge on any atom is -0.397 e. The molecule has 0 unspecified atom stereocenters. The van der Waals surface area contributed by atoms with Crippen molar-refractivity contribution in [3.8, 4) is 0 Å². The molecule has 0 saturated carbocycles. The number of anilines is 1. The van der Waals surface area contributed by atoms with Crippen molar-refractivity contribution in [3.63, 3.8) is 0 Å². The van der Waals surface area contributed by atoms with Crippen LogP contribution in [-0.4, -0.2) is 10.2 Å². The summed E-state index contributed by atoms with van der Waals surface area (Å²) in [6.07, 6.45) is 0. The van der Waals surface area contributed by atoms with Crippen LogP contribution in [0, 0.1) is 6.92 Å². The van der Waals surface area contributed by atoms with Crippen molar-refractivity contribution in [1.82, 2.24) is 10.2 Å². The van der Waals surface area contributed by atoms with E-state index < -0.39 is 0 Å². The van der Waals surface area contributed by atoms with Gasteiger partial charge in [-0.3, -0.25) is 5.10 Å². The van der Waals surface area contributed by atoms with Crippen LogP contribution in [0.5, 0.6) is 0 Å². The van der Waals surface area contributed by atoms with Crippen LogP contribution < -0.4 is 5.73 Å². The van der Waals surface area contributed by atoms with Gasteiger partial charge in [-0.2, -0.15) is 5.10 Å². The van der Waals surface area contributed by atoms with Crippen LogP contribution in [0.4, 0.5) is 5.69 Å². The second-order valence-corrected chi connectivity index (χ2v) is 3.09. The molecule has 3 nitrogen and oxygen atoms in total. The second-order valence-electron chi connectivity index (χ2n) is 2.71. The fourth-order valence-electron chi connectivity index (χ4n) is 1.19. The number of H-pyrrole nitrogens is 1. The third-order valence-corrected chi connectivity index (χ3v) is 2.28. The zero-order valence-electron chi connectivity index (χ0n) is 6.56. The molecule has 3 N–H and O–H groups in total. The molecule has 0 fully saturated rings. The number of aryl methyl sites for hydroxylation is 1. The summed E-state index contributed by atoms with van der Waals surface area (Å²) in [7, 11) is 0. The zero-order valence-corrected chi connectivity index (χ0v) is 7.31. The Kier molecular flexibility index (Phi) is 1.48. The van der Waals surface area contributed by atoms with Crippen molar-refractivity contribution in [3.05, 3.63) is 22.8 Å². The van der Waals surface area contributed by atoms with Crippen LogP contribution in [0.2, 0.25) is 5.02 Å².